The molecule has 0 saturated carbocycles. The number of ether oxygens (including phenoxy) is 1. The molecule has 0 saturated heterocycles. The van der Waals surface area contributed by atoms with E-state index in [1.165, 1.54) is 0 Å². The van der Waals surface area contributed by atoms with Crippen LogP contribution in [-0.2, 0) is 16.1 Å². The van der Waals surface area contributed by atoms with Crippen LogP contribution in [0.4, 0.5) is 0 Å². The first-order valence-corrected chi connectivity index (χ1v) is 5.49. The predicted octanol–water partition coefficient (Wildman–Crippen LogP) is 2.35. The second kappa shape index (κ2) is 4.58. The smallest absolute Gasteiger partial charge is 0.354 e. The fraction of sp³-hybridized carbons (Fsp3) is 0.250. The molecule has 1 aromatic carbocycles. The monoisotopic (exact) mass is 237 g/mol. The molecule has 0 atom stereocenters. The standard InChI is InChI=1S/C12H12ClNO2/c1-2-16-12(15)11-6-9-5-10(13)4-3-8(9)7-14-11/h3-6,14H,2,7H2,1H3. The van der Waals surface area contributed by atoms with Crippen molar-refractivity contribution in [2.24, 2.45) is 0 Å². The predicted molar refractivity (Wildman–Crippen MR) is 62.9 cm³/mol. The minimum Gasteiger partial charge on any atom is -0.461 e. The van der Waals surface area contributed by atoms with E-state index < -0.39 is 0 Å². The molecule has 0 unspecified atom stereocenters. The van der Waals surface area contributed by atoms with E-state index in [1.807, 2.05) is 18.2 Å². The average molecular weight is 238 g/mol. The van der Waals surface area contributed by atoms with Gasteiger partial charge in [-0.25, -0.2) is 4.79 Å². The molecule has 0 bridgehead atoms. The van der Waals surface area contributed by atoms with Crippen LogP contribution < -0.4 is 5.32 Å². The molecule has 1 heterocycles. The van der Waals surface area contributed by atoms with Crippen molar-refractivity contribution in [1.82, 2.24) is 5.32 Å². The quantitative estimate of drug-likeness (QED) is 0.803. The summed E-state index contributed by atoms with van der Waals surface area (Å²) in [6.07, 6.45) is 1.77. The van der Waals surface area contributed by atoms with Gasteiger partial charge in [-0.15, -0.1) is 0 Å². The third-order valence-corrected chi connectivity index (χ3v) is 2.61. The van der Waals surface area contributed by atoms with Gasteiger partial charge in [-0.3, -0.25) is 0 Å². The summed E-state index contributed by atoms with van der Waals surface area (Å²) in [5.74, 6) is -0.326. The largest absolute Gasteiger partial charge is 0.461 e. The van der Waals surface area contributed by atoms with E-state index in [0.717, 1.165) is 11.1 Å². The second-order valence-corrected chi connectivity index (χ2v) is 3.91. The molecule has 0 spiro atoms. The normalized spacial score (nSPS) is 13.5. The van der Waals surface area contributed by atoms with E-state index in [4.69, 9.17) is 16.3 Å². The van der Waals surface area contributed by atoms with Gasteiger partial charge in [-0.05, 0) is 36.3 Å². The molecule has 16 heavy (non-hydrogen) atoms. The molecule has 84 valence electrons. The maximum Gasteiger partial charge on any atom is 0.354 e. The minimum atomic E-state index is -0.326. The summed E-state index contributed by atoms with van der Waals surface area (Å²) in [5.41, 5.74) is 2.57. The highest BCUT2D eigenvalue weighted by atomic mass is 35.5. The summed E-state index contributed by atoms with van der Waals surface area (Å²) in [7, 11) is 0. The van der Waals surface area contributed by atoms with E-state index >= 15 is 0 Å². The van der Waals surface area contributed by atoms with Crippen molar-refractivity contribution in [3.05, 3.63) is 40.0 Å². The van der Waals surface area contributed by atoms with Gasteiger partial charge >= 0.3 is 5.97 Å². The molecule has 4 heteroatoms. The Labute approximate surface area is 99.1 Å². The topological polar surface area (TPSA) is 38.3 Å². The average Bonchev–Trinajstić information content (AvgIpc) is 2.28. The lowest BCUT2D eigenvalue weighted by Gasteiger charge is -2.17. The zero-order chi connectivity index (χ0) is 11.5. The van der Waals surface area contributed by atoms with Gasteiger partial charge in [-0.1, -0.05) is 17.7 Å². The molecule has 1 aliphatic rings. The summed E-state index contributed by atoms with van der Waals surface area (Å²) in [6.45, 7) is 2.78. The second-order valence-electron chi connectivity index (χ2n) is 3.48. The van der Waals surface area contributed by atoms with Gasteiger partial charge in [-0.2, -0.15) is 0 Å². The first-order chi connectivity index (χ1) is 7.70. The Morgan fingerprint density at radius 3 is 3.12 bits per heavy atom. The van der Waals surface area contributed by atoms with Crippen LogP contribution in [0.5, 0.6) is 0 Å². The van der Waals surface area contributed by atoms with Crippen molar-refractivity contribution in [2.45, 2.75) is 13.5 Å². The highest BCUT2D eigenvalue weighted by molar-refractivity contribution is 6.30. The molecule has 2 rings (SSSR count). The fourth-order valence-corrected chi connectivity index (χ4v) is 1.78. The Bertz CT molecular complexity index is 454. The molecule has 1 aliphatic heterocycles. The van der Waals surface area contributed by atoms with Gasteiger partial charge in [0.05, 0.1) is 6.61 Å². The number of rotatable bonds is 2. The van der Waals surface area contributed by atoms with Gasteiger partial charge in [0.1, 0.15) is 5.70 Å². The van der Waals surface area contributed by atoms with E-state index in [1.54, 1.807) is 13.0 Å². The van der Waals surface area contributed by atoms with Crippen LogP contribution in [0.1, 0.15) is 18.1 Å². The van der Waals surface area contributed by atoms with Crippen molar-refractivity contribution >= 4 is 23.6 Å². The van der Waals surface area contributed by atoms with Crippen LogP contribution >= 0.6 is 11.6 Å². The van der Waals surface area contributed by atoms with E-state index in [0.29, 0.717) is 23.9 Å². The lowest BCUT2D eigenvalue weighted by atomic mass is 10.0. The highest BCUT2D eigenvalue weighted by Crippen LogP contribution is 2.22. The van der Waals surface area contributed by atoms with Crippen molar-refractivity contribution in [3.63, 3.8) is 0 Å². The number of carbonyl (C=O) groups is 1. The first kappa shape index (κ1) is 11.0. The maximum atomic E-state index is 11.5. The first-order valence-electron chi connectivity index (χ1n) is 5.12. The summed E-state index contributed by atoms with van der Waals surface area (Å²) in [6, 6.07) is 5.63. The number of nitrogens with one attached hydrogen (secondary N) is 1. The number of fused-ring (bicyclic) bond motifs is 1. The van der Waals surface area contributed by atoms with Gasteiger partial charge in [0, 0.05) is 11.6 Å². The van der Waals surface area contributed by atoms with Crippen molar-refractivity contribution < 1.29 is 9.53 Å². The maximum absolute atomic E-state index is 11.5. The molecule has 0 fully saturated rings. The number of esters is 1. The number of hydrogen-bond donors (Lipinski definition) is 1. The lowest BCUT2D eigenvalue weighted by molar-refractivity contribution is -0.138. The Kier molecular flexibility index (Phi) is 3.15. The molecule has 0 radical (unpaired) electrons. The van der Waals surface area contributed by atoms with Crippen molar-refractivity contribution in [3.8, 4) is 0 Å². The van der Waals surface area contributed by atoms with Gasteiger partial charge < -0.3 is 10.1 Å². The molecular weight excluding hydrogens is 226 g/mol. The molecule has 0 aliphatic carbocycles. The summed E-state index contributed by atoms with van der Waals surface area (Å²) in [4.78, 5) is 11.5. The zero-order valence-electron chi connectivity index (χ0n) is 8.92. The summed E-state index contributed by atoms with van der Waals surface area (Å²) >= 11 is 5.90. The van der Waals surface area contributed by atoms with Crippen LogP contribution in [0.3, 0.4) is 0 Å². The molecule has 0 amide bonds. The lowest BCUT2D eigenvalue weighted by Crippen LogP contribution is -2.25. The van der Waals surface area contributed by atoms with Crippen molar-refractivity contribution in [1.29, 1.82) is 0 Å². The third kappa shape index (κ3) is 2.19. The number of carbonyl (C=O) groups excluding carboxylic acids is 1. The van der Waals surface area contributed by atoms with Crippen LogP contribution in [0.2, 0.25) is 5.02 Å². The Hall–Kier alpha value is -1.48. The molecule has 1 aromatic rings. The number of hydrogen-bond acceptors (Lipinski definition) is 3. The van der Waals surface area contributed by atoms with Crippen LogP contribution in [0, 0.1) is 0 Å². The van der Waals surface area contributed by atoms with Gasteiger partial charge in [0.15, 0.2) is 0 Å². The number of halogens is 1. The summed E-state index contributed by atoms with van der Waals surface area (Å²) in [5, 5.41) is 3.69. The number of benzene rings is 1. The molecule has 0 aromatic heterocycles. The van der Waals surface area contributed by atoms with Crippen molar-refractivity contribution in [2.75, 3.05) is 6.61 Å². The fourth-order valence-electron chi connectivity index (χ4n) is 1.60. The van der Waals surface area contributed by atoms with Crippen LogP contribution in [0.15, 0.2) is 23.9 Å². The van der Waals surface area contributed by atoms with Crippen LogP contribution in [0.25, 0.3) is 6.08 Å². The Morgan fingerprint density at radius 1 is 1.56 bits per heavy atom. The van der Waals surface area contributed by atoms with Crippen LogP contribution in [-0.4, -0.2) is 12.6 Å². The van der Waals surface area contributed by atoms with Gasteiger partial charge in [0.2, 0.25) is 0 Å². The zero-order valence-corrected chi connectivity index (χ0v) is 9.67. The third-order valence-electron chi connectivity index (χ3n) is 2.37. The Balaban J connectivity index is 2.30. The molecule has 3 nitrogen and oxygen atoms in total. The SMILES string of the molecule is CCOC(=O)C1=Cc2cc(Cl)ccc2CN1. The van der Waals surface area contributed by atoms with E-state index in [2.05, 4.69) is 5.32 Å². The summed E-state index contributed by atoms with van der Waals surface area (Å²) < 4.78 is 4.92. The molecular formula is C12H12ClNO2. The minimum absolute atomic E-state index is 0.326. The molecule has 1 N–H and O–H groups in total. The van der Waals surface area contributed by atoms with Gasteiger partial charge in [0.25, 0.3) is 0 Å². The van der Waals surface area contributed by atoms with E-state index in [9.17, 15) is 4.79 Å². The Morgan fingerprint density at radius 2 is 2.38 bits per heavy atom. The van der Waals surface area contributed by atoms with E-state index in [-0.39, 0.29) is 5.97 Å². The highest BCUT2D eigenvalue weighted by Gasteiger charge is 2.16.